The minimum Gasteiger partial charge on any atom is -0.420 e. The van der Waals surface area contributed by atoms with Crippen LogP contribution in [0.4, 0.5) is 4.79 Å². The topological polar surface area (TPSA) is 110 Å². The lowest BCUT2D eigenvalue weighted by Gasteiger charge is -2.35. The van der Waals surface area contributed by atoms with Gasteiger partial charge in [-0.15, -0.1) is 12.4 Å². The normalized spacial score (nSPS) is 16.0. The minimum absolute atomic E-state index is 0. The largest absolute Gasteiger partial charge is 0.420 e. The third kappa shape index (κ3) is 13.9. The monoisotopic (exact) mass is 858 g/mol. The Morgan fingerprint density at radius 1 is 0.677 bits per heavy atom. The first kappa shape index (κ1) is 49.4. The zero-order valence-corrected chi connectivity index (χ0v) is 38.6. The second-order valence-corrected chi connectivity index (χ2v) is 16.5. The van der Waals surface area contributed by atoms with Crippen molar-refractivity contribution in [1.82, 2.24) is 25.3 Å². The van der Waals surface area contributed by atoms with Gasteiger partial charge in [-0.05, 0) is 137 Å². The van der Waals surface area contributed by atoms with Crippen LogP contribution >= 0.6 is 12.4 Å². The van der Waals surface area contributed by atoms with Crippen molar-refractivity contribution in [3.05, 3.63) is 144 Å². The highest BCUT2D eigenvalue weighted by molar-refractivity contribution is 5.88. The maximum atomic E-state index is 12.6. The van der Waals surface area contributed by atoms with Gasteiger partial charge in [0.15, 0.2) is 0 Å². The van der Waals surface area contributed by atoms with Crippen molar-refractivity contribution < 1.29 is 9.53 Å². The van der Waals surface area contributed by atoms with Crippen molar-refractivity contribution in [2.45, 2.75) is 76.7 Å². The highest BCUT2D eigenvalue weighted by Crippen LogP contribution is 2.27. The molecule has 8 rings (SSSR count). The molecule has 0 radical (unpaired) electrons. The van der Waals surface area contributed by atoms with Crippen molar-refractivity contribution in [3.63, 3.8) is 0 Å². The Morgan fingerprint density at radius 2 is 1.08 bits per heavy atom. The van der Waals surface area contributed by atoms with E-state index in [2.05, 4.69) is 121 Å². The molecule has 330 valence electrons. The lowest BCUT2D eigenvalue weighted by Crippen LogP contribution is -2.48. The maximum absolute atomic E-state index is 12.6. The zero-order valence-electron chi connectivity index (χ0n) is 37.8. The summed E-state index contributed by atoms with van der Waals surface area (Å²) in [6.45, 7) is 10.6. The van der Waals surface area contributed by atoms with Crippen LogP contribution in [0.15, 0.2) is 127 Å². The van der Waals surface area contributed by atoms with Crippen molar-refractivity contribution in [3.8, 4) is 6.26 Å². The number of likely N-dealkylation sites (tertiary alicyclic amines) is 2. The summed E-state index contributed by atoms with van der Waals surface area (Å²) in [5.74, 6) is 0. The molecule has 2 heterocycles. The lowest BCUT2D eigenvalue weighted by atomic mass is 10.00. The van der Waals surface area contributed by atoms with Gasteiger partial charge in [-0.25, -0.2) is 4.79 Å². The van der Waals surface area contributed by atoms with Crippen molar-refractivity contribution >= 4 is 50.8 Å². The molecule has 4 N–H and O–H groups in total. The summed E-state index contributed by atoms with van der Waals surface area (Å²) in [5, 5.41) is 22.2. The van der Waals surface area contributed by atoms with Gasteiger partial charge in [0.05, 0.1) is 6.04 Å². The van der Waals surface area contributed by atoms with Gasteiger partial charge < -0.3 is 35.8 Å². The molecule has 0 bridgehead atoms. The molecule has 10 heteroatoms. The summed E-state index contributed by atoms with van der Waals surface area (Å²) in [6.07, 6.45) is 6.25. The zero-order chi connectivity index (χ0) is 43.7. The first-order valence-electron chi connectivity index (χ1n) is 21.8. The Hall–Kier alpha value is -5.21. The first-order chi connectivity index (χ1) is 29.5. The van der Waals surface area contributed by atoms with Crippen LogP contribution in [0.1, 0.15) is 81.3 Å². The van der Waals surface area contributed by atoms with Crippen molar-refractivity contribution in [1.29, 1.82) is 5.26 Å². The Kier molecular flexibility index (Phi) is 20.0. The number of hydrogen-bond acceptors (Lipinski definition) is 7. The Balaban J connectivity index is 0.000000192. The molecule has 2 saturated heterocycles. The fourth-order valence-electron chi connectivity index (χ4n) is 8.23. The third-order valence-corrected chi connectivity index (χ3v) is 12.1. The molecule has 0 aromatic heterocycles. The number of halogens is 1. The van der Waals surface area contributed by atoms with E-state index < -0.39 is 0 Å². The third-order valence-electron chi connectivity index (χ3n) is 12.1. The van der Waals surface area contributed by atoms with E-state index in [1.54, 1.807) is 6.26 Å². The van der Waals surface area contributed by atoms with Crippen molar-refractivity contribution in [2.75, 3.05) is 54.4 Å². The number of ether oxygens (including phenoxy) is 1. The van der Waals surface area contributed by atoms with E-state index in [-0.39, 0.29) is 36.6 Å². The fourth-order valence-corrected chi connectivity index (χ4v) is 8.23. The number of urea groups is 1. The highest BCUT2D eigenvalue weighted by Gasteiger charge is 2.25. The Bertz CT molecular complexity index is 2300. The number of nitriles is 1. The molecule has 0 unspecified atom stereocenters. The van der Waals surface area contributed by atoms with Gasteiger partial charge in [-0.2, -0.15) is 5.26 Å². The van der Waals surface area contributed by atoms with Gasteiger partial charge in [0.2, 0.25) is 0 Å². The van der Waals surface area contributed by atoms with E-state index in [9.17, 15) is 4.79 Å². The molecule has 0 saturated carbocycles. The Morgan fingerprint density at radius 3 is 1.55 bits per heavy atom. The van der Waals surface area contributed by atoms with Crippen LogP contribution in [0.2, 0.25) is 0 Å². The molecule has 2 fully saturated rings. The lowest BCUT2D eigenvalue weighted by molar-refractivity contribution is 0.146. The van der Waals surface area contributed by atoms with E-state index >= 15 is 0 Å². The van der Waals surface area contributed by atoms with Gasteiger partial charge in [-0.1, -0.05) is 127 Å². The summed E-state index contributed by atoms with van der Waals surface area (Å²) in [6, 6.07) is 44.5. The maximum Gasteiger partial charge on any atom is 0.317 e. The van der Waals surface area contributed by atoms with Crippen LogP contribution in [0.3, 0.4) is 0 Å². The van der Waals surface area contributed by atoms with Crippen LogP contribution in [0.5, 0.6) is 0 Å². The average molecular weight is 859 g/mol. The fraction of sp³-hybridized carbons (Fsp3) is 0.385. The van der Waals surface area contributed by atoms with Crippen molar-refractivity contribution in [2.24, 2.45) is 5.73 Å². The number of piperidine rings is 2. The van der Waals surface area contributed by atoms with E-state index in [1.165, 1.54) is 64.0 Å². The number of nitrogens with zero attached hydrogens (tertiary/aromatic N) is 4. The number of benzene rings is 6. The van der Waals surface area contributed by atoms with Gasteiger partial charge in [0.25, 0.3) is 6.26 Å². The molecule has 9 nitrogen and oxygen atoms in total. The highest BCUT2D eigenvalue weighted by atomic mass is 35.5. The number of carbonyl (C=O) groups excluding carboxylic acids is 1. The Labute approximate surface area is 376 Å². The average Bonchev–Trinajstić information content (AvgIpc) is 3.29. The number of nitrogens with two attached hydrogens (primary N) is 1. The number of carbonyl (C=O) groups is 1. The van der Waals surface area contributed by atoms with E-state index in [4.69, 9.17) is 15.7 Å². The van der Waals surface area contributed by atoms with E-state index in [0.717, 1.165) is 42.9 Å². The smallest absolute Gasteiger partial charge is 0.317 e. The molecule has 2 amide bonds. The number of amides is 2. The molecule has 6 aromatic rings. The summed E-state index contributed by atoms with van der Waals surface area (Å²) in [7, 11) is 8.29. The summed E-state index contributed by atoms with van der Waals surface area (Å²) in [5.41, 5.74) is 9.32. The molecule has 2 aliphatic heterocycles. The van der Waals surface area contributed by atoms with Crippen LogP contribution in [-0.4, -0.2) is 87.2 Å². The van der Waals surface area contributed by atoms with E-state index in [1.807, 2.05) is 80.4 Å². The predicted octanol–water partition coefficient (Wildman–Crippen LogP) is 10.6. The molecule has 0 spiro atoms. The predicted molar refractivity (Wildman–Crippen MR) is 262 cm³/mol. The molecule has 62 heavy (non-hydrogen) atoms. The van der Waals surface area contributed by atoms with Crippen LogP contribution < -0.4 is 16.4 Å². The number of rotatable bonds is 7. The van der Waals surface area contributed by atoms with E-state index in [0.29, 0.717) is 6.04 Å². The minimum atomic E-state index is -0.193. The number of hydrogen-bond donors (Lipinski definition) is 3. The number of fused-ring (bicyclic) bond motifs is 3. The van der Waals surface area contributed by atoms with Gasteiger partial charge in [-0.3, -0.25) is 0 Å². The second kappa shape index (κ2) is 25.0. The quantitative estimate of drug-likeness (QED) is 0.137. The molecule has 3 atom stereocenters. The van der Waals surface area contributed by atoms with Crippen LogP contribution in [0, 0.1) is 11.5 Å². The summed E-state index contributed by atoms with van der Waals surface area (Å²) >= 11 is 0. The van der Waals surface area contributed by atoms with Crippen LogP contribution in [0.25, 0.3) is 32.3 Å². The van der Waals surface area contributed by atoms with Crippen LogP contribution in [-0.2, 0) is 4.74 Å². The summed E-state index contributed by atoms with van der Waals surface area (Å²) in [4.78, 5) is 19.2. The van der Waals surface area contributed by atoms with Gasteiger partial charge in [0.1, 0.15) is 6.10 Å². The van der Waals surface area contributed by atoms with Gasteiger partial charge >= 0.3 is 6.03 Å². The molecular weight excluding hydrogens is 790 g/mol. The number of nitrogens with one attached hydrogen (secondary N) is 2. The second-order valence-electron chi connectivity index (χ2n) is 16.5. The molecule has 0 aliphatic carbocycles. The SMILES string of the molecule is CNC1CCN(C)CC1.C[C@@H](N)c1cccc2ccccc12.C[C@@H](NC(=O)N(C)C1CCN(C)CC1)c1cccc2ccccc12.C[C@@H](OC#N)c1cccc2ccccc12.Cl. The molecular formula is C52H68ClN7O2. The standard InChI is InChI=1S/C20H27N3O.C13H11NO.C12H13N.C7H16N2.ClH/c1-15(18-10-6-8-16-7-4-5-9-19(16)18)21-20(24)23(3)17-11-13-22(2)14-12-17;1-10(15-9-14)12-8-4-6-11-5-2-3-7-13(11)12;1-9(13)11-8-4-6-10-5-2-3-7-12(10)11;1-8-7-3-5-9(2)6-4-7;/h4-10,15,17H,11-14H2,1-3H3,(H,21,24);2-8,10H,1H3;2-9H,13H2,1H3;7-8H,3-6H2,1-2H3;1H/t15-;10-;9-;;/m111../s1. The molecule has 2 aliphatic rings. The first-order valence-corrected chi connectivity index (χ1v) is 21.8. The van der Waals surface area contributed by atoms with Gasteiger partial charge in [0, 0.05) is 30.7 Å². The molecule has 6 aromatic carbocycles. The summed E-state index contributed by atoms with van der Waals surface area (Å²) < 4.78 is 4.94.